The molecule has 2 rings (SSSR count). The Labute approximate surface area is 127 Å². The SMILES string of the molecule is COc1cc(Br)cc(NCc2ncnn2CC(C)C)c1. The third-order valence-electron chi connectivity index (χ3n) is 2.79. The average Bonchev–Trinajstić information content (AvgIpc) is 2.82. The summed E-state index contributed by atoms with van der Waals surface area (Å²) in [7, 11) is 1.66. The molecule has 1 aromatic carbocycles. The van der Waals surface area contributed by atoms with Gasteiger partial charge in [0.05, 0.1) is 13.7 Å². The highest BCUT2D eigenvalue weighted by atomic mass is 79.9. The van der Waals surface area contributed by atoms with E-state index in [1.54, 1.807) is 13.4 Å². The summed E-state index contributed by atoms with van der Waals surface area (Å²) in [5.41, 5.74) is 0.982. The monoisotopic (exact) mass is 338 g/mol. The molecule has 0 aliphatic rings. The van der Waals surface area contributed by atoms with E-state index in [4.69, 9.17) is 4.74 Å². The summed E-state index contributed by atoms with van der Waals surface area (Å²) in [5, 5.41) is 7.59. The second kappa shape index (κ2) is 6.74. The number of nitrogens with zero attached hydrogens (tertiary/aromatic N) is 3. The Balaban J connectivity index is 2.05. The first-order chi connectivity index (χ1) is 9.58. The van der Waals surface area contributed by atoms with Crippen molar-refractivity contribution in [2.24, 2.45) is 5.92 Å². The van der Waals surface area contributed by atoms with Crippen molar-refractivity contribution in [1.29, 1.82) is 0 Å². The lowest BCUT2D eigenvalue weighted by Crippen LogP contribution is -2.13. The van der Waals surface area contributed by atoms with Crippen LogP contribution in [0.4, 0.5) is 5.69 Å². The fourth-order valence-corrected chi connectivity index (χ4v) is 2.36. The summed E-state index contributed by atoms with van der Waals surface area (Å²) < 4.78 is 8.16. The maximum Gasteiger partial charge on any atom is 0.146 e. The second-order valence-corrected chi connectivity index (χ2v) is 5.90. The second-order valence-electron chi connectivity index (χ2n) is 4.99. The molecule has 0 fully saturated rings. The van der Waals surface area contributed by atoms with Crippen LogP contribution < -0.4 is 10.1 Å². The Bertz CT molecular complexity index is 568. The van der Waals surface area contributed by atoms with Crippen molar-refractivity contribution >= 4 is 21.6 Å². The third kappa shape index (κ3) is 3.96. The Kier molecular flexibility index (Phi) is 5.00. The van der Waals surface area contributed by atoms with E-state index in [-0.39, 0.29) is 0 Å². The number of rotatable bonds is 6. The van der Waals surface area contributed by atoms with Gasteiger partial charge < -0.3 is 10.1 Å². The molecule has 0 spiro atoms. The highest BCUT2D eigenvalue weighted by Crippen LogP contribution is 2.24. The summed E-state index contributed by atoms with van der Waals surface area (Å²) >= 11 is 3.47. The summed E-state index contributed by atoms with van der Waals surface area (Å²) in [5.74, 6) is 2.28. The van der Waals surface area contributed by atoms with E-state index in [0.29, 0.717) is 12.5 Å². The van der Waals surface area contributed by atoms with Crippen LogP contribution in [0.15, 0.2) is 29.0 Å². The number of anilines is 1. The summed E-state index contributed by atoms with van der Waals surface area (Å²) in [4.78, 5) is 4.30. The maximum atomic E-state index is 5.25. The molecule has 1 heterocycles. The highest BCUT2D eigenvalue weighted by molar-refractivity contribution is 9.10. The first-order valence-corrected chi connectivity index (χ1v) is 7.33. The molecule has 0 atom stereocenters. The molecule has 1 aromatic heterocycles. The first-order valence-electron chi connectivity index (χ1n) is 6.53. The topological polar surface area (TPSA) is 52.0 Å². The van der Waals surface area contributed by atoms with Crippen molar-refractivity contribution in [2.75, 3.05) is 12.4 Å². The normalized spacial score (nSPS) is 10.8. The average molecular weight is 339 g/mol. The van der Waals surface area contributed by atoms with E-state index in [1.807, 2.05) is 22.9 Å². The van der Waals surface area contributed by atoms with Gasteiger partial charge in [0.2, 0.25) is 0 Å². The Hall–Kier alpha value is -1.56. The van der Waals surface area contributed by atoms with Crippen molar-refractivity contribution in [2.45, 2.75) is 26.9 Å². The molecule has 0 radical (unpaired) electrons. The largest absolute Gasteiger partial charge is 0.497 e. The van der Waals surface area contributed by atoms with Crippen LogP contribution in [-0.2, 0) is 13.1 Å². The van der Waals surface area contributed by atoms with Crippen molar-refractivity contribution in [3.05, 3.63) is 34.8 Å². The molecule has 0 saturated carbocycles. The van der Waals surface area contributed by atoms with Crippen LogP contribution in [-0.4, -0.2) is 21.9 Å². The quantitative estimate of drug-likeness (QED) is 0.877. The molecule has 0 amide bonds. The summed E-state index contributed by atoms with van der Waals surface area (Å²) in [6.07, 6.45) is 1.60. The molecule has 6 heteroatoms. The highest BCUT2D eigenvalue weighted by Gasteiger charge is 2.06. The summed E-state index contributed by atoms with van der Waals surface area (Å²) in [6, 6.07) is 5.88. The molecule has 0 saturated heterocycles. The van der Waals surface area contributed by atoms with E-state index >= 15 is 0 Å². The van der Waals surface area contributed by atoms with Gasteiger partial charge in [-0.25, -0.2) is 9.67 Å². The van der Waals surface area contributed by atoms with E-state index < -0.39 is 0 Å². The van der Waals surface area contributed by atoms with Crippen molar-refractivity contribution < 1.29 is 4.74 Å². The number of benzene rings is 1. The predicted octanol–water partition coefficient (Wildman–Crippen LogP) is 3.32. The van der Waals surface area contributed by atoms with Gasteiger partial charge in [0, 0.05) is 22.8 Å². The van der Waals surface area contributed by atoms with E-state index in [9.17, 15) is 0 Å². The minimum atomic E-state index is 0.543. The molecular weight excluding hydrogens is 320 g/mol. The predicted molar refractivity (Wildman–Crippen MR) is 82.9 cm³/mol. The van der Waals surface area contributed by atoms with Gasteiger partial charge in [-0.1, -0.05) is 29.8 Å². The van der Waals surface area contributed by atoms with Crippen LogP contribution in [0.2, 0.25) is 0 Å². The molecule has 0 aliphatic carbocycles. The third-order valence-corrected chi connectivity index (χ3v) is 3.25. The van der Waals surface area contributed by atoms with Gasteiger partial charge in [0.25, 0.3) is 0 Å². The molecule has 2 aromatic rings. The standard InChI is InChI=1S/C14H19BrN4O/c1-10(2)8-19-14(17-9-18-19)7-16-12-4-11(15)5-13(6-12)20-3/h4-6,9-10,16H,7-8H2,1-3H3. The molecule has 0 unspecified atom stereocenters. The van der Waals surface area contributed by atoms with Crippen LogP contribution in [0.3, 0.4) is 0 Å². The number of hydrogen-bond donors (Lipinski definition) is 1. The lowest BCUT2D eigenvalue weighted by molar-refractivity contribution is 0.414. The number of halogens is 1. The maximum absolute atomic E-state index is 5.25. The first kappa shape index (κ1) is 14.8. The van der Waals surface area contributed by atoms with Gasteiger partial charge in [-0.2, -0.15) is 5.10 Å². The fraction of sp³-hybridized carbons (Fsp3) is 0.429. The molecule has 20 heavy (non-hydrogen) atoms. The van der Waals surface area contributed by atoms with Crippen LogP contribution in [0.1, 0.15) is 19.7 Å². The molecule has 108 valence electrons. The number of ether oxygens (including phenoxy) is 1. The molecule has 1 N–H and O–H groups in total. The van der Waals surface area contributed by atoms with Crippen molar-refractivity contribution in [1.82, 2.24) is 14.8 Å². The van der Waals surface area contributed by atoms with E-state index in [2.05, 4.69) is 45.2 Å². The fourth-order valence-electron chi connectivity index (χ4n) is 1.89. The van der Waals surface area contributed by atoms with Gasteiger partial charge in [-0.3, -0.25) is 0 Å². The Morgan fingerprint density at radius 2 is 2.15 bits per heavy atom. The zero-order valence-electron chi connectivity index (χ0n) is 11.9. The van der Waals surface area contributed by atoms with Crippen LogP contribution in [0.25, 0.3) is 0 Å². The number of methoxy groups -OCH3 is 1. The molecule has 5 nitrogen and oxygen atoms in total. The lowest BCUT2D eigenvalue weighted by atomic mass is 10.2. The van der Waals surface area contributed by atoms with E-state index in [1.165, 1.54) is 0 Å². The zero-order chi connectivity index (χ0) is 14.5. The molecule has 0 aliphatic heterocycles. The lowest BCUT2D eigenvalue weighted by Gasteiger charge is -2.11. The van der Waals surface area contributed by atoms with Crippen molar-refractivity contribution in [3.63, 3.8) is 0 Å². The Morgan fingerprint density at radius 3 is 2.85 bits per heavy atom. The molecular formula is C14H19BrN4O. The van der Waals surface area contributed by atoms with Crippen LogP contribution >= 0.6 is 15.9 Å². The van der Waals surface area contributed by atoms with Gasteiger partial charge in [0.15, 0.2) is 0 Å². The number of aromatic nitrogens is 3. The minimum Gasteiger partial charge on any atom is -0.497 e. The molecule has 0 bridgehead atoms. The van der Waals surface area contributed by atoms with E-state index in [0.717, 1.165) is 28.3 Å². The smallest absolute Gasteiger partial charge is 0.146 e. The van der Waals surface area contributed by atoms with Gasteiger partial charge >= 0.3 is 0 Å². The van der Waals surface area contributed by atoms with Gasteiger partial charge in [0.1, 0.15) is 17.9 Å². The van der Waals surface area contributed by atoms with Gasteiger partial charge in [-0.15, -0.1) is 0 Å². The van der Waals surface area contributed by atoms with Gasteiger partial charge in [-0.05, 0) is 18.1 Å². The summed E-state index contributed by atoms with van der Waals surface area (Å²) in [6.45, 7) is 5.83. The zero-order valence-corrected chi connectivity index (χ0v) is 13.5. The number of hydrogen-bond acceptors (Lipinski definition) is 4. The number of nitrogens with one attached hydrogen (secondary N) is 1. The Morgan fingerprint density at radius 1 is 1.35 bits per heavy atom. The van der Waals surface area contributed by atoms with Crippen molar-refractivity contribution in [3.8, 4) is 5.75 Å². The minimum absolute atomic E-state index is 0.543. The van der Waals surface area contributed by atoms with Crippen LogP contribution in [0.5, 0.6) is 5.75 Å². The van der Waals surface area contributed by atoms with Crippen LogP contribution in [0, 0.1) is 5.92 Å².